The molecule has 0 atom stereocenters. The minimum atomic E-state index is -0.262. The van der Waals surface area contributed by atoms with E-state index < -0.39 is 0 Å². The highest BCUT2D eigenvalue weighted by Gasteiger charge is 1.98. The van der Waals surface area contributed by atoms with Crippen molar-refractivity contribution in [2.45, 2.75) is 0 Å². The molecule has 1 aromatic rings. The number of carbonyl (C=O) groups is 1. The highest BCUT2D eigenvalue weighted by atomic mass is 35.5. The van der Waals surface area contributed by atoms with E-state index in [1.165, 1.54) is 0 Å². The summed E-state index contributed by atoms with van der Waals surface area (Å²) >= 11 is 9.24. The highest BCUT2D eigenvalue weighted by Crippen LogP contribution is 2.11. The van der Waals surface area contributed by atoms with Gasteiger partial charge in [-0.2, -0.15) is 0 Å². The van der Waals surface area contributed by atoms with Crippen molar-refractivity contribution in [1.29, 1.82) is 0 Å². The van der Waals surface area contributed by atoms with Gasteiger partial charge in [-0.25, -0.2) is 0 Å². The molecule has 0 heterocycles. The van der Waals surface area contributed by atoms with Crippen LogP contribution in [0.25, 0.3) is 0 Å². The van der Waals surface area contributed by atoms with Gasteiger partial charge in [0.15, 0.2) is 0 Å². The summed E-state index contributed by atoms with van der Waals surface area (Å²) < 4.78 is 0. The second kappa shape index (κ2) is 3.08. The zero-order valence-corrected chi connectivity index (χ0v) is 6.69. The van der Waals surface area contributed by atoms with Crippen LogP contribution in [-0.4, -0.2) is 5.12 Å². The zero-order valence-electron chi connectivity index (χ0n) is 5.04. The lowest BCUT2D eigenvalue weighted by molar-refractivity contribution is 0.109. The maximum Gasteiger partial charge on any atom is 0.216 e. The van der Waals surface area contributed by atoms with E-state index in [4.69, 9.17) is 11.6 Å². The second-order valence-corrected chi connectivity index (χ2v) is 2.66. The molecule has 0 radical (unpaired) electrons. The Bertz CT molecular complexity index is 260. The van der Waals surface area contributed by atoms with E-state index in [0.29, 0.717) is 10.6 Å². The molecule has 0 amide bonds. The maximum atomic E-state index is 10.6. The van der Waals surface area contributed by atoms with Crippen molar-refractivity contribution in [3.63, 3.8) is 0 Å². The predicted molar refractivity (Wildman–Crippen MR) is 44.8 cm³/mol. The van der Waals surface area contributed by atoms with Crippen LogP contribution in [0.3, 0.4) is 0 Å². The Labute approximate surface area is 69.4 Å². The van der Waals surface area contributed by atoms with E-state index >= 15 is 0 Å². The van der Waals surface area contributed by atoms with Crippen molar-refractivity contribution in [2.75, 3.05) is 0 Å². The molecule has 0 spiro atoms. The topological polar surface area (TPSA) is 17.1 Å². The fraction of sp³-hybridized carbons (Fsp3) is 0. The van der Waals surface area contributed by atoms with E-state index in [1.54, 1.807) is 24.3 Å². The van der Waals surface area contributed by atoms with Gasteiger partial charge in [0.25, 0.3) is 0 Å². The third kappa shape index (κ3) is 1.75. The maximum absolute atomic E-state index is 10.6. The molecule has 1 rings (SSSR count). The van der Waals surface area contributed by atoms with Gasteiger partial charge in [0, 0.05) is 10.6 Å². The lowest BCUT2D eigenvalue weighted by atomic mass is 10.2. The van der Waals surface area contributed by atoms with Gasteiger partial charge in [0.05, 0.1) is 0 Å². The first-order valence-electron chi connectivity index (χ1n) is 2.69. The first-order valence-corrected chi connectivity index (χ1v) is 3.51. The largest absolute Gasteiger partial charge is 0.282 e. The van der Waals surface area contributed by atoms with E-state index in [1.807, 2.05) is 0 Å². The van der Waals surface area contributed by atoms with E-state index in [0.717, 1.165) is 0 Å². The third-order valence-corrected chi connectivity index (χ3v) is 1.56. The van der Waals surface area contributed by atoms with Gasteiger partial charge < -0.3 is 0 Å². The minimum absolute atomic E-state index is 0.262. The lowest BCUT2D eigenvalue weighted by Crippen LogP contribution is -1.86. The number of thiol groups is 1. The fourth-order valence-electron chi connectivity index (χ4n) is 0.622. The number of rotatable bonds is 1. The lowest BCUT2D eigenvalue weighted by Gasteiger charge is -1.92. The standard InChI is InChI=1S/C7H5ClOS/c8-6-3-1-2-5(4-6)7(9)10/h1-4H,(H,9,10). The normalized spacial score (nSPS) is 9.40. The van der Waals surface area contributed by atoms with E-state index in [9.17, 15) is 4.79 Å². The summed E-state index contributed by atoms with van der Waals surface area (Å²) in [6.07, 6.45) is 0. The summed E-state index contributed by atoms with van der Waals surface area (Å²) in [5.74, 6) is 0. The molecule has 0 aliphatic rings. The number of hydrogen-bond acceptors (Lipinski definition) is 1. The van der Waals surface area contributed by atoms with E-state index in [-0.39, 0.29) is 5.12 Å². The number of carbonyl (C=O) groups excluding carboxylic acids is 1. The Morgan fingerprint density at radius 1 is 1.50 bits per heavy atom. The van der Waals surface area contributed by atoms with Crippen LogP contribution in [-0.2, 0) is 0 Å². The average molecular weight is 173 g/mol. The molecular weight excluding hydrogens is 168 g/mol. The summed E-state index contributed by atoms with van der Waals surface area (Å²) in [7, 11) is 0. The Morgan fingerprint density at radius 3 is 2.60 bits per heavy atom. The summed E-state index contributed by atoms with van der Waals surface area (Å²) in [5, 5.41) is 0.294. The first kappa shape index (κ1) is 7.63. The fourth-order valence-corrected chi connectivity index (χ4v) is 0.951. The van der Waals surface area contributed by atoms with Crippen LogP contribution in [0.2, 0.25) is 5.02 Å². The van der Waals surface area contributed by atoms with Gasteiger partial charge >= 0.3 is 0 Å². The zero-order chi connectivity index (χ0) is 7.56. The Kier molecular flexibility index (Phi) is 2.35. The molecule has 0 aliphatic carbocycles. The molecule has 0 aliphatic heterocycles. The van der Waals surface area contributed by atoms with Gasteiger partial charge in [-0.15, -0.1) is 12.6 Å². The van der Waals surface area contributed by atoms with Gasteiger partial charge in [-0.05, 0) is 12.1 Å². The molecule has 0 N–H and O–H groups in total. The summed E-state index contributed by atoms with van der Waals surface area (Å²) in [6, 6.07) is 6.67. The molecule has 0 aromatic heterocycles. The van der Waals surface area contributed by atoms with Gasteiger partial charge in [0.1, 0.15) is 0 Å². The SMILES string of the molecule is O=C(S)c1cccc(Cl)c1. The van der Waals surface area contributed by atoms with Crippen LogP contribution in [0.5, 0.6) is 0 Å². The Hall–Kier alpha value is -0.470. The van der Waals surface area contributed by atoms with Crippen LogP contribution in [0, 0.1) is 0 Å². The van der Waals surface area contributed by atoms with Gasteiger partial charge in [0.2, 0.25) is 5.12 Å². The van der Waals surface area contributed by atoms with E-state index in [2.05, 4.69) is 12.6 Å². The van der Waals surface area contributed by atoms with Crippen molar-refractivity contribution in [3.8, 4) is 0 Å². The van der Waals surface area contributed by atoms with Crippen LogP contribution >= 0.6 is 24.2 Å². The van der Waals surface area contributed by atoms with Gasteiger partial charge in [-0.3, -0.25) is 4.79 Å². The van der Waals surface area contributed by atoms with Crippen molar-refractivity contribution in [3.05, 3.63) is 34.9 Å². The molecule has 0 unspecified atom stereocenters. The van der Waals surface area contributed by atoms with Crippen LogP contribution < -0.4 is 0 Å². The molecule has 1 aromatic carbocycles. The van der Waals surface area contributed by atoms with Crippen LogP contribution in [0.1, 0.15) is 10.4 Å². The third-order valence-electron chi connectivity index (χ3n) is 1.07. The molecular formula is C7H5ClOS. The van der Waals surface area contributed by atoms with Crippen LogP contribution in [0.15, 0.2) is 24.3 Å². The molecule has 3 heteroatoms. The molecule has 1 nitrogen and oxygen atoms in total. The quantitative estimate of drug-likeness (QED) is 0.644. The molecule has 0 saturated heterocycles. The molecule has 0 bridgehead atoms. The highest BCUT2D eigenvalue weighted by molar-refractivity contribution is 7.97. The van der Waals surface area contributed by atoms with Crippen molar-refractivity contribution >= 4 is 29.3 Å². The summed E-state index contributed by atoms with van der Waals surface area (Å²) in [5.41, 5.74) is 0.524. The number of hydrogen-bond donors (Lipinski definition) is 1. The smallest absolute Gasteiger partial charge is 0.216 e. The monoisotopic (exact) mass is 172 g/mol. The van der Waals surface area contributed by atoms with Crippen LogP contribution in [0.4, 0.5) is 0 Å². The van der Waals surface area contributed by atoms with Crippen molar-refractivity contribution in [2.24, 2.45) is 0 Å². The molecule has 0 saturated carbocycles. The predicted octanol–water partition coefficient (Wildman–Crippen LogP) is 2.41. The summed E-state index contributed by atoms with van der Waals surface area (Å²) in [6.45, 7) is 0. The first-order chi connectivity index (χ1) is 4.70. The average Bonchev–Trinajstić information content (AvgIpc) is 1.88. The summed E-state index contributed by atoms with van der Waals surface area (Å²) in [4.78, 5) is 10.6. The number of halogens is 1. The molecule has 52 valence electrons. The van der Waals surface area contributed by atoms with Gasteiger partial charge in [-0.1, -0.05) is 23.7 Å². The molecule has 10 heavy (non-hydrogen) atoms. The number of benzene rings is 1. The minimum Gasteiger partial charge on any atom is -0.282 e. The Balaban J connectivity index is 3.07. The van der Waals surface area contributed by atoms with Crippen molar-refractivity contribution in [1.82, 2.24) is 0 Å². The Morgan fingerprint density at radius 2 is 2.20 bits per heavy atom. The molecule has 0 fully saturated rings. The second-order valence-electron chi connectivity index (χ2n) is 1.82. The van der Waals surface area contributed by atoms with Crippen molar-refractivity contribution < 1.29 is 4.79 Å².